The summed E-state index contributed by atoms with van der Waals surface area (Å²) in [5, 5.41) is 0. The minimum absolute atomic E-state index is 0.391. The van der Waals surface area contributed by atoms with E-state index in [0.717, 1.165) is 25.9 Å². The third kappa shape index (κ3) is 6.04. The number of benzene rings is 2. The Bertz CT molecular complexity index is 719. The van der Waals surface area contributed by atoms with Gasteiger partial charge in [0.1, 0.15) is 11.4 Å². The van der Waals surface area contributed by atoms with Crippen molar-refractivity contribution in [2.45, 2.75) is 32.9 Å². The quantitative estimate of drug-likeness (QED) is 0.536. The second kappa shape index (κ2) is 8.23. The zero-order valence-electron chi connectivity index (χ0n) is 14.7. The van der Waals surface area contributed by atoms with Crippen LogP contribution in [0.5, 0.6) is 5.75 Å². The van der Waals surface area contributed by atoms with Crippen LogP contribution in [0, 0.1) is 0 Å². The largest absolute Gasteiger partial charge is 0.497 e. The van der Waals surface area contributed by atoms with Crippen LogP contribution in [-0.2, 0) is 11.3 Å². The molecule has 2 rings (SSSR count). The Labute approximate surface area is 165 Å². The number of hydrogen-bond acceptors (Lipinski definition) is 3. The van der Waals surface area contributed by atoms with Gasteiger partial charge in [0.05, 0.1) is 13.7 Å². The first kappa shape index (κ1) is 19.8. The Morgan fingerprint density at radius 1 is 1.04 bits per heavy atom. The van der Waals surface area contributed by atoms with Gasteiger partial charge >= 0.3 is 6.09 Å². The van der Waals surface area contributed by atoms with Crippen molar-refractivity contribution >= 4 is 43.6 Å². The molecule has 0 saturated heterocycles. The standard InChI is InChI=1S/C19H21Br2NO3/c1-19(2,3)25-18(23)22(16-10-14(20)9-15(21)11-16)12-13-5-7-17(24-4)8-6-13/h5-11H,12H2,1-4H3. The normalized spacial score (nSPS) is 11.1. The molecular weight excluding hydrogens is 450 g/mol. The van der Waals surface area contributed by atoms with Gasteiger partial charge in [0.15, 0.2) is 0 Å². The summed E-state index contributed by atoms with van der Waals surface area (Å²) in [7, 11) is 1.63. The lowest BCUT2D eigenvalue weighted by atomic mass is 10.2. The minimum Gasteiger partial charge on any atom is -0.497 e. The summed E-state index contributed by atoms with van der Waals surface area (Å²) in [6.07, 6.45) is -0.395. The van der Waals surface area contributed by atoms with Crippen molar-refractivity contribution in [3.63, 3.8) is 0 Å². The summed E-state index contributed by atoms with van der Waals surface area (Å²) >= 11 is 6.94. The average molecular weight is 471 g/mol. The van der Waals surface area contributed by atoms with Gasteiger partial charge in [0.25, 0.3) is 0 Å². The Hall–Kier alpha value is -1.53. The predicted octanol–water partition coefficient (Wildman–Crippen LogP) is 6.16. The maximum atomic E-state index is 12.8. The molecule has 0 heterocycles. The van der Waals surface area contributed by atoms with Gasteiger partial charge in [-0.05, 0) is 56.7 Å². The second-order valence-electron chi connectivity index (χ2n) is 6.54. The van der Waals surface area contributed by atoms with Gasteiger partial charge in [-0.15, -0.1) is 0 Å². The van der Waals surface area contributed by atoms with Crippen molar-refractivity contribution in [3.05, 3.63) is 57.0 Å². The highest BCUT2D eigenvalue weighted by Crippen LogP contribution is 2.29. The van der Waals surface area contributed by atoms with Crippen molar-refractivity contribution in [2.75, 3.05) is 12.0 Å². The summed E-state index contributed by atoms with van der Waals surface area (Å²) in [6.45, 7) is 5.95. The molecule has 6 heteroatoms. The molecule has 1 amide bonds. The number of methoxy groups -OCH3 is 1. The van der Waals surface area contributed by atoms with Crippen LogP contribution in [-0.4, -0.2) is 18.8 Å². The fraction of sp³-hybridized carbons (Fsp3) is 0.316. The first-order valence-electron chi connectivity index (χ1n) is 7.77. The monoisotopic (exact) mass is 469 g/mol. The average Bonchev–Trinajstić information content (AvgIpc) is 2.50. The third-order valence-corrected chi connectivity index (χ3v) is 4.19. The summed E-state index contributed by atoms with van der Waals surface area (Å²) in [5.74, 6) is 0.776. The maximum absolute atomic E-state index is 12.8. The Balaban J connectivity index is 2.35. The minimum atomic E-state index is -0.571. The Morgan fingerprint density at radius 3 is 2.08 bits per heavy atom. The van der Waals surface area contributed by atoms with Crippen molar-refractivity contribution in [2.24, 2.45) is 0 Å². The predicted molar refractivity (Wildman–Crippen MR) is 107 cm³/mol. The Morgan fingerprint density at radius 2 is 1.60 bits per heavy atom. The van der Waals surface area contributed by atoms with Crippen molar-refractivity contribution < 1.29 is 14.3 Å². The van der Waals surface area contributed by atoms with Crippen molar-refractivity contribution in [1.29, 1.82) is 0 Å². The van der Waals surface area contributed by atoms with Gasteiger partial charge in [-0.3, -0.25) is 4.90 Å². The van der Waals surface area contributed by atoms with E-state index in [1.807, 2.05) is 63.2 Å². The summed E-state index contributed by atoms with van der Waals surface area (Å²) in [6, 6.07) is 13.3. The molecule has 134 valence electrons. The third-order valence-electron chi connectivity index (χ3n) is 3.27. The molecule has 0 aliphatic rings. The fourth-order valence-electron chi connectivity index (χ4n) is 2.19. The van der Waals surface area contributed by atoms with Crippen LogP contribution < -0.4 is 9.64 Å². The molecule has 0 unspecified atom stereocenters. The highest BCUT2D eigenvalue weighted by molar-refractivity contribution is 9.11. The number of amides is 1. The molecule has 0 aliphatic heterocycles. The van der Waals surface area contributed by atoms with Gasteiger partial charge in [-0.1, -0.05) is 44.0 Å². The first-order valence-corrected chi connectivity index (χ1v) is 9.36. The smallest absolute Gasteiger partial charge is 0.415 e. The van der Waals surface area contributed by atoms with Crippen LogP contribution in [0.15, 0.2) is 51.4 Å². The lowest BCUT2D eigenvalue weighted by Gasteiger charge is -2.28. The SMILES string of the molecule is COc1ccc(CN(C(=O)OC(C)(C)C)c2cc(Br)cc(Br)c2)cc1. The highest BCUT2D eigenvalue weighted by Gasteiger charge is 2.24. The number of nitrogens with zero attached hydrogens (tertiary/aromatic N) is 1. The number of carbonyl (C=O) groups excluding carboxylic acids is 1. The number of rotatable bonds is 4. The fourth-order valence-corrected chi connectivity index (χ4v) is 3.46. The van der Waals surface area contributed by atoms with E-state index in [4.69, 9.17) is 9.47 Å². The molecule has 0 saturated carbocycles. The lowest BCUT2D eigenvalue weighted by Crippen LogP contribution is -2.36. The zero-order chi connectivity index (χ0) is 18.6. The molecule has 2 aromatic carbocycles. The van der Waals surface area contributed by atoms with Crippen LogP contribution in [0.25, 0.3) is 0 Å². The number of anilines is 1. The molecule has 0 aliphatic carbocycles. The van der Waals surface area contributed by atoms with E-state index in [9.17, 15) is 4.79 Å². The molecule has 4 nitrogen and oxygen atoms in total. The number of ether oxygens (including phenoxy) is 2. The zero-order valence-corrected chi connectivity index (χ0v) is 17.8. The van der Waals surface area contributed by atoms with Crippen LogP contribution >= 0.6 is 31.9 Å². The highest BCUT2D eigenvalue weighted by atomic mass is 79.9. The summed E-state index contributed by atoms with van der Waals surface area (Å²) in [4.78, 5) is 14.4. The number of halogens is 2. The lowest BCUT2D eigenvalue weighted by molar-refractivity contribution is 0.0577. The van der Waals surface area contributed by atoms with Gasteiger partial charge in [0.2, 0.25) is 0 Å². The molecule has 0 radical (unpaired) electrons. The molecule has 0 fully saturated rings. The van der Waals surface area contributed by atoms with Crippen molar-refractivity contribution in [3.8, 4) is 5.75 Å². The molecule has 0 N–H and O–H groups in total. The molecule has 0 bridgehead atoms. The number of carbonyl (C=O) groups is 1. The van der Waals surface area contributed by atoms with Crippen LogP contribution in [0.4, 0.5) is 10.5 Å². The molecule has 0 atom stereocenters. The van der Waals surface area contributed by atoms with Gasteiger partial charge < -0.3 is 9.47 Å². The van der Waals surface area contributed by atoms with Crippen LogP contribution in [0.2, 0.25) is 0 Å². The second-order valence-corrected chi connectivity index (χ2v) is 8.37. The van der Waals surface area contributed by atoms with Crippen LogP contribution in [0.3, 0.4) is 0 Å². The molecular formula is C19H21Br2NO3. The van der Waals surface area contributed by atoms with E-state index in [1.54, 1.807) is 12.0 Å². The summed E-state index contributed by atoms with van der Waals surface area (Å²) < 4.78 is 12.5. The van der Waals surface area contributed by atoms with E-state index in [0.29, 0.717) is 6.54 Å². The molecule has 0 spiro atoms. The topological polar surface area (TPSA) is 38.8 Å². The van der Waals surface area contributed by atoms with Gasteiger partial charge in [-0.2, -0.15) is 0 Å². The number of hydrogen-bond donors (Lipinski definition) is 0. The van der Waals surface area contributed by atoms with Crippen molar-refractivity contribution in [1.82, 2.24) is 0 Å². The van der Waals surface area contributed by atoms with E-state index < -0.39 is 11.7 Å². The van der Waals surface area contributed by atoms with E-state index in [-0.39, 0.29) is 0 Å². The molecule has 25 heavy (non-hydrogen) atoms. The van der Waals surface area contributed by atoms with Gasteiger partial charge in [-0.25, -0.2) is 4.79 Å². The molecule has 2 aromatic rings. The van der Waals surface area contributed by atoms with Crippen LogP contribution in [0.1, 0.15) is 26.3 Å². The molecule has 0 aromatic heterocycles. The van der Waals surface area contributed by atoms with Gasteiger partial charge in [0, 0.05) is 14.6 Å². The Kier molecular flexibility index (Phi) is 6.52. The maximum Gasteiger partial charge on any atom is 0.415 e. The summed E-state index contributed by atoms with van der Waals surface area (Å²) in [5.41, 5.74) is 1.15. The van der Waals surface area contributed by atoms with E-state index >= 15 is 0 Å². The first-order chi connectivity index (χ1) is 11.7. The van der Waals surface area contributed by atoms with E-state index in [2.05, 4.69) is 31.9 Å². The van der Waals surface area contributed by atoms with E-state index in [1.165, 1.54) is 0 Å².